The average Bonchev–Trinajstić information content (AvgIpc) is 2.69. The summed E-state index contributed by atoms with van der Waals surface area (Å²) in [7, 11) is 0. The number of aromatic amines is 2. The number of aryl methyl sites for hydroxylation is 3. The Morgan fingerprint density at radius 1 is 0.690 bits per heavy atom. The minimum absolute atomic E-state index is 0.713. The minimum atomic E-state index is 0.713. The molecule has 0 spiro atoms. The Morgan fingerprint density at radius 3 is 1.69 bits per heavy atom. The van der Waals surface area contributed by atoms with Crippen molar-refractivity contribution in [2.45, 2.75) is 34.6 Å². The Labute approximate surface area is 174 Å². The Morgan fingerprint density at radius 2 is 1.21 bits per heavy atom. The number of H-pyrrole nitrogens is 2. The highest BCUT2D eigenvalue weighted by Gasteiger charge is 1.91. The second-order valence-electron chi connectivity index (χ2n) is 6.42. The summed E-state index contributed by atoms with van der Waals surface area (Å²) >= 11 is 0. The monoisotopic (exact) mass is 388 g/mol. The third kappa shape index (κ3) is 8.43. The first-order valence-corrected chi connectivity index (χ1v) is 9.53. The van der Waals surface area contributed by atoms with E-state index in [-0.39, 0.29) is 0 Å². The molecule has 29 heavy (non-hydrogen) atoms. The molecule has 0 bridgehead atoms. The molecule has 0 aliphatic rings. The average molecular weight is 389 g/mol. The summed E-state index contributed by atoms with van der Waals surface area (Å²) in [6, 6.07) is 7.81. The van der Waals surface area contributed by atoms with E-state index in [2.05, 4.69) is 39.7 Å². The number of aromatic nitrogens is 4. The maximum absolute atomic E-state index is 4.65. The highest BCUT2D eigenvalue weighted by atomic mass is 14.7. The molecule has 1 rings (SSSR count). The normalized spacial score (nSPS) is 11.1. The second kappa shape index (κ2) is 12.1. The van der Waals surface area contributed by atoms with Crippen LogP contribution in [-0.4, -0.2) is 19.9 Å². The Hall–Kier alpha value is -3.40. The van der Waals surface area contributed by atoms with Gasteiger partial charge >= 0.3 is 0 Å². The van der Waals surface area contributed by atoms with Gasteiger partial charge in [-0.2, -0.15) is 0 Å². The van der Waals surface area contributed by atoms with E-state index in [1.807, 2.05) is 71.0 Å². The van der Waals surface area contributed by atoms with Crippen molar-refractivity contribution in [3.05, 3.63) is 88.9 Å². The highest BCUT2D eigenvalue weighted by molar-refractivity contribution is 5.48. The maximum Gasteiger partial charge on any atom is 0.0648 e. The SMILES string of the molecule is C=Cc1cc(C=C)nc(C)c/c(=C/C)[nH]/c(=C\C)cc(C=C)[nH]c(C)cc(C)n1. The van der Waals surface area contributed by atoms with Crippen LogP contribution in [0, 0.1) is 20.8 Å². The minimum Gasteiger partial charge on any atom is -0.359 e. The quantitative estimate of drug-likeness (QED) is 0.769. The Kier molecular flexibility index (Phi) is 9.89. The predicted molar refractivity (Wildman–Crippen MR) is 128 cm³/mol. The molecule has 1 aromatic rings. The van der Waals surface area contributed by atoms with Gasteiger partial charge in [-0.3, -0.25) is 9.97 Å². The summed E-state index contributed by atoms with van der Waals surface area (Å²) in [5, 5.41) is 1.88. The van der Waals surface area contributed by atoms with Crippen molar-refractivity contribution < 1.29 is 0 Å². The van der Waals surface area contributed by atoms with Crippen molar-refractivity contribution in [1.82, 2.24) is 19.9 Å². The lowest BCUT2D eigenvalue weighted by Crippen LogP contribution is -2.16. The largest absolute Gasteiger partial charge is 0.359 e. The fourth-order valence-corrected chi connectivity index (χ4v) is 2.56. The fraction of sp³-hybridized carbons (Fsp3) is 0.200. The van der Waals surface area contributed by atoms with Crippen molar-refractivity contribution in [2.75, 3.05) is 0 Å². The van der Waals surface area contributed by atoms with E-state index >= 15 is 0 Å². The van der Waals surface area contributed by atoms with Gasteiger partial charge in [0.2, 0.25) is 0 Å². The lowest BCUT2D eigenvalue weighted by Gasteiger charge is -1.97. The van der Waals surface area contributed by atoms with Crippen molar-refractivity contribution in [2.24, 2.45) is 0 Å². The smallest absolute Gasteiger partial charge is 0.0648 e. The molecule has 152 valence electrons. The van der Waals surface area contributed by atoms with Gasteiger partial charge in [0.25, 0.3) is 0 Å². The molecule has 0 aliphatic heterocycles. The van der Waals surface area contributed by atoms with E-state index in [1.54, 1.807) is 18.2 Å². The summed E-state index contributed by atoms with van der Waals surface area (Å²) in [6.45, 7) is 21.5. The van der Waals surface area contributed by atoms with Crippen LogP contribution in [0.15, 0.2) is 44.0 Å². The molecule has 2 N–H and O–H groups in total. The first kappa shape index (κ1) is 23.6. The van der Waals surface area contributed by atoms with E-state index in [0.29, 0.717) is 11.4 Å². The zero-order valence-electron chi connectivity index (χ0n) is 18.2. The molecule has 0 atom stereocenters. The maximum atomic E-state index is 4.65. The molecule has 0 unspecified atom stereocenters. The van der Waals surface area contributed by atoms with Crippen LogP contribution in [0.5, 0.6) is 0 Å². The number of nitrogens with one attached hydrogen (secondary N) is 2. The topological polar surface area (TPSA) is 57.4 Å². The van der Waals surface area contributed by atoms with Crippen molar-refractivity contribution in [3.63, 3.8) is 0 Å². The first-order chi connectivity index (χ1) is 13.8. The molecular formula is C25H32N4. The molecule has 4 heteroatoms. The predicted octanol–water partition coefficient (Wildman–Crippen LogP) is 4.96. The summed E-state index contributed by atoms with van der Waals surface area (Å²) in [5.41, 5.74) is 4.93. The molecule has 0 fully saturated rings. The van der Waals surface area contributed by atoms with Crippen LogP contribution < -0.4 is 10.7 Å². The summed E-state index contributed by atoms with van der Waals surface area (Å²) in [6.07, 6.45) is 9.19. The third-order valence-electron chi connectivity index (χ3n) is 3.90. The van der Waals surface area contributed by atoms with Crippen molar-refractivity contribution in [1.29, 1.82) is 0 Å². The Balaban J connectivity index is 4.26. The molecule has 0 aliphatic carbocycles. The van der Waals surface area contributed by atoms with Crippen molar-refractivity contribution in [3.8, 4) is 0 Å². The number of rotatable bonds is 3. The van der Waals surface area contributed by atoms with Gasteiger partial charge < -0.3 is 9.97 Å². The summed E-state index contributed by atoms with van der Waals surface area (Å²) < 4.78 is 0. The zero-order valence-corrected chi connectivity index (χ0v) is 18.2. The standard InChI is InChI=1S/C25H32N4/c1-9-21-15-20(8)28-23(11-3)16-22(10-2)26-18(6)14-19(7)27-24(12-4)17-25(13-5)29-21/h9-17,27,29H,2-4H2,1,5-8H3/b19-14?,20-15?,21-9-,22-16?,24-17?,25-13-,26-18?,28-23?. The molecule has 1 aromatic heterocycles. The van der Waals surface area contributed by atoms with Crippen LogP contribution >= 0.6 is 0 Å². The van der Waals surface area contributed by atoms with E-state index in [9.17, 15) is 0 Å². The van der Waals surface area contributed by atoms with Crippen LogP contribution in [-0.2, 0) is 0 Å². The van der Waals surface area contributed by atoms with Crippen LogP contribution in [0.4, 0.5) is 0 Å². The second-order valence-corrected chi connectivity index (χ2v) is 6.42. The van der Waals surface area contributed by atoms with Crippen LogP contribution in [0.1, 0.15) is 48.0 Å². The van der Waals surface area contributed by atoms with E-state index in [0.717, 1.165) is 33.5 Å². The molecule has 0 saturated heterocycles. The van der Waals surface area contributed by atoms with Gasteiger partial charge in [-0.15, -0.1) is 0 Å². The van der Waals surface area contributed by atoms with Crippen molar-refractivity contribution >= 4 is 30.4 Å². The van der Waals surface area contributed by atoms with Crippen LogP contribution in [0.3, 0.4) is 0 Å². The number of nitrogens with zero attached hydrogens (tertiary/aromatic N) is 2. The van der Waals surface area contributed by atoms with E-state index in [1.165, 1.54) is 0 Å². The molecule has 0 saturated carbocycles. The molecule has 4 nitrogen and oxygen atoms in total. The lowest BCUT2D eigenvalue weighted by atomic mass is 10.3. The molecule has 0 radical (unpaired) electrons. The van der Waals surface area contributed by atoms with Gasteiger partial charge in [-0.1, -0.05) is 31.9 Å². The van der Waals surface area contributed by atoms with Crippen LogP contribution in [0.2, 0.25) is 0 Å². The van der Waals surface area contributed by atoms with Gasteiger partial charge in [0.05, 0.1) is 11.4 Å². The van der Waals surface area contributed by atoms with E-state index < -0.39 is 0 Å². The first-order valence-electron chi connectivity index (χ1n) is 9.53. The molecule has 1 heterocycles. The molecular weight excluding hydrogens is 356 g/mol. The number of hydrogen-bond acceptors (Lipinski definition) is 2. The van der Waals surface area contributed by atoms with Gasteiger partial charge in [-0.05, 0) is 77.1 Å². The lowest BCUT2D eigenvalue weighted by molar-refractivity contribution is 1.12. The van der Waals surface area contributed by atoms with Gasteiger partial charge in [0.1, 0.15) is 0 Å². The van der Waals surface area contributed by atoms with E-state index in [4.69, 9.17) is 0 Å². The summed E-state index contributed by atoms with van der Waals surface area (Å²) in [4.78, 5) is 16.1. The third-order valence-corrected chi connectivity index (χ3v) is 3.90. The highest BCUT2D eigenvalue weighted by Crippen LogP contribution is 2.01. The van der Waals surface area contributed by atoms with Gasteiger partial charge in [-0.25, -0.2) is 0 Å². The van der Waals surface area contributed by atoms with Crippen LogP contribution in [0.25, 0.3) is 30.4 Å². The fourth-order valence-electron chi connectivity index (χ4n) is 2.56. The Bertz CT molecular complexity index is 1060. The van der Waals surface area contributed by atoms with Gasteiger partial charge in [0.15, 0.2) is 0 Å². The molecule has 0 aromatic carbocycles. The summed E-state index contributed by atoms with van der Waals surface area (Å²) in [5.74, 6) is 0. The number of hydrogen-bond donors (Lipinski definition) is 2. The zero-order chi connectivity index (χ0) is 21.8. The molecule has 0 amide bonds. The van der Waals surface area contributed by atoms with Gasteiger partial charge in [0, 0.05) is 33.5 Å².